The summed E-state index contributed by atoms with van der Waals surface area (Å²) in [5.74, 6) is 0.163. The van der Waals surface area contributed by atoms with Gasteiger partial charge in [-0.2, -0.15) is 5.26 Å². The lowest BCUT2D eigenvalue weighted by molar-refractivity contribution is -0.124. The van der Waals surface area contributed by atoms with Gasteiger partial charge in [0, 0.05) is 18.4 Å². The fourth-order valence-electron chi connectivity index (χ4n) is 3.16. The zero-order valence-corrected chi connectivity index (χ0v) is 11.6. The second-order valence-electron chi connectivity index (χ2n) is 6.62. The van der Waals surface area contributed by atoms with E-state index in [4.69, 9.17) is 4.74 Å². The molecule has 4 heteroatoms. The van der Waals surface area contributed by atoms with Crippen LogP contribution in [0.15, 0.2) is 0 Å². The van der Waals surface area contributed by atoms with Crippen molar-refractivity contribution in [3.8, 4) is 6.07 Å². The van der Waals surface area contributed by atoms with Crippen LogP contribution in [0.1, 0.15) is 34.1 Å². The molecule has 1 N–H and O–H groups in total. The van der Waals surface area contributed by atoms with Crippen molar-refractivity contribution < 1.29 is 9.53 Å². The molecule has 1 saturated heterocycles. The Labute approximate surface area is 109 Å². The summed E-state index contributed by atoms with van der Waals surface area (Å²) in [7, 11) is 0. The lowest BCUT2D eigenvalue weighted by Gasteiger charge is -2.17. The molecule has 2 fully saturated rings. The Morgan fingerprint density at radius 2 is 2.00 bits per heavy atom. The van der Waals surface area contributed by atoms with Gasteiger partial charge in [-0.15, -0.1) is 0 Å². The van der Waals surface area contributed by atoms with E-state index in [1.54, 1.807) is 0 Å². The van der Waals surface area contributed by atoms with Gasteiger partial charge in [-0.05, 0) is 17.3 Å². The molecule has 0 unspecified atom stereocenters. The average Bonchev–Trinajstić information content (AvgIpc) is 2.70. The molecule has 0 aromatic carbocycles. The minimum absolute atomic E-state index is 0.00294. The summed E-state index contributed by atoms with van der Waals surface area (Å²) in [6.45, 7) is 9.71. The van der Waals surface area contributed by atoms with Gasteiger partial charge in [0.2, 0.25) is 5.91 Å². The summed E-state index contributed by atoms with van der Waals surface area (Å²) in [4.78, 5) is 12.3. The molecule has 0 aromatic heterocycles. The number of nitriles is 1. The quantitative estimate of drug-likeness (QED) is 0.829. The van der Waals surface area contributed by atoms with Crippen molar-refractivity contribution in [1.29, 1.82) is 5.26 Å². The first-order valence-electron chi connectivity index (χ1n) is 6.60. The summed E-state index contributed by atoms with van der Waals surface area (Å²) >= 11 is 0. The van der Waals surface area contributed by atoms with Crippen molar-refractivity contribution in [2.45, 2.75) is 40.2 Å². The Bertz CT molecular complexity index is 375. The molecule has 1 aliphatic heterocycles. The number of nitrogens with one attached hydrogen (secondary N) is 1. The van der Waals surface area contributed by atoms with E-state index >= 15 is 0 Å². The SMILES string of the molecule is CC1(C)C(C(=O)N[C@@H](C#N)[C@H]2CCOC2)C1(C)C. The normalized spacial score (nSPS) is 30.5. The monoisotopic (exact) mass is 250 g/mol. The van der Waals surface area contributed by atoms with E-state index < -0.39 is 6.04 Å². The Morgan fingerprint density at radius 3 is 2.39 bits per heavy atom. The average molecular weight is 250 g/mol. The van der Waals surface area contributed by atoms with E-state index in [1.807, 2.05) is 0 Å². The molecule has 1 amide bonds. The number of nitrogens with zero attached hydrogens (tertiary/aromatic N) is 1. The van der Waals surface area contributed by atoms with Crippen molar-refractivity contribution in [3.63, 3.8) is 0 Å². The highest BCUT2D eigenvalue weighted by Crippen LogP contribution is 2.68. The van der Waals surface area contributed by atoms with Crippen LogP contribution >= 0.6 is 0 Å². The second-order valence-corrected chi connectivity index (χ2v) is 6.62. The van der Waals surface area contributed by atoms with Gasteiger partial charge >= 0.3 is 0 Å². The molecule has 2 aliphatic rings. The number of amides is 1. The maximum atomic E-state index is 12.3. The molecule has 1 saturated carbocycles. The summed E-state index contributed by atoms with van der Waals surface area (Å²) in [5.41, 5.74) is 0.0343. The summed E-state index contributed by atoms with van der Waals surface area (Å²) in [6.07, 6.45) is 0.857. The molecule has 0 spiro atoms. The first-order chi connectivity index (χ1) is 8.32. The molecule has 0 aromatic rings. The number of rotatable bonds is 3. The topological polar surface area (TPSA) is 62.1 Å². The lowest BCUT2D eigenvalue weighted by atomic mass is 9.99. The number of hydrogen-bond donors (Lipinski definition) is 1. The van der Waals surface area contributed by atoms with Crippen LogP contribution in [0.5, 0.6) is 0 Å². The van der Waals surface area contributed by atoms with Crippen LogP contribution in [0.3, 0.4) is 0 Å². The first-order valence-corrected chi connectivity index (χ1v) is 6.60. The first kappa shape index (κ1) is 13.4. The van der Waals surface area contributed by atoms with Crippen molar-refractivity contribution in [2.75, 3.05) is 13.2 Å². The number of hydrogen-bond acceptors (Lipinski definition) is 3. The van der Waals surface area contributed by atoms with Crippen LogP contribution in [0.4, 0.5) is 0 Å². The fourth-order valence-corrected chi connectivity index (χ4v) is 3.16. The molecular weight excluding hydrogens is 228 g/mol. The summed E-state index contributed by atoms with van der Waals surface area (Å²) < 4.78 is 5.28. The number of carbonyl (C=O) groups is 1. The zero-order valence-electron chi connectivity index (χ0n) is 11.6. The Morgan fingerprint density at radius 1 is 1.39 bits per heavy atom. The Hall–Kier alpha value is -1.08. The van der Waals surface area contributed by atoms with E-state index in [1.165, 1.54) is 0 Å². The third-order valence-electron chi connectivity index (χ3n) is 5.16. The minimum atomic E-state index is -0.410. The molecule has 100 valence electrons. The predicted molar refractivity (Wildman–Crippen MR) is 67.5 cm³/mol. The molecule has 0 bridgehead atoms. The molecule has 0 radical (unpaired) electrons. The zero-order chi connectivity index (χ0) is 13.6. The van der Waals surface area contributed by atoms with Crippen LogP contribution in [0.2, 0.25) is 0 Å². The van der Waals surface area contributed by atoms with E-state index in [-0.39, 0.29) is 28.6 Å². The third kappa shape index (κ3) is 1.91. The highest BCUT2D eigenvalue weighted by Gasteiger charge is 2.68. The van der Waals surface area contributed by atoms with E-state index in [9.17, 15) is 10.1 Å². The van der Waals surface area contributed by atoms with Crippen LogP contribution in [0, 0.1) is 34.0 Å². The van der Waals surface area contributed by atoms with Gasteiger partial charge in [-0.25, -0.2) is 0 Å². The maximum absolute atomic E-state index is 12.3. The van der Waals surface area contributed by atoms with Crippen molar-refractivity contribution in [1.82, 2.24) is 5.32 Å². The molecule has 2 rings (SSSR count). The summed E-state index contributed by atoms with van der Waals surface area (Å²) in [5, 5.41) is 12.1. The van der Waals surface area contributed by atoms with Crippen LogP contribution < -0.4 is 5.32 Å². The Balaban J connectivity index is 1.98. The van der Waals surface area contributed by atoms with Crippen LogP contribution in [-0.4, -0.2) is 25.2 Å². The Kier molecular flexibility index (Phi) is 3.14. The fraction of sp³-hybridized carbons (Fsp3) is 0.857. The predicted octanol–water partition coefficient (Wildman–Crippen LogP) is 1.71. The van der Waals surface area contributed by atoms with E-state index in [2.05, 4.69) is 39.1 Å². The maximum Gasteiger partial charge on any atom is 0.225 e. The molecular formula is C14H22N2O2. The number of ether oxygens (including phenoxy) is 1. The summed E-state index contributed by atoms with van der Waals surface area (Å²) in [6, 6.07) is 1.79. The molecule has 1 aliphatic carbocycles. The van der Waals surface area contributed by atoms with Gasteiger partial charge in [-0.3, -0.25) is 4.79 Å². The molecule has 2 atom stereocenters. The lowest BCUT2D eigenvalue weighted by Crippen LogP contribution is -2.41. The van der Waals surface area contributed by atoms with Gasteiger partial charge in [0.1, 0.15) is 6.04 Å². The van der Waals surface area contributed by atoms with Crippen molar-refractivity contribution in [3.05, 3.63) is 0 Å². The molecule has 18 heavy (non-hydrogen) atoms. The van der Waals surface area contributed by atoms with Crippen molar-refractivity contribution in [2.24, 2.45) is 22.7 Å². The molecule has 4 nitrogen and oxygen atoms in total. The standard InChI is InChI=1S/C14H22N2O2/c1-13(2)11(14(13,3)4)12(17)16-10(7-15)9-5-6-18-8-9/h9-11H,5-6,8H2,1-4H3,(H,16,17)/t9-,10-/m0/s1. The highest BCUT2D eigenvalue weighted by molar-refractivity contribution is 5.84. The van der Waals surface area contributed by atoms with E-state index in [0.29, 0.717) is 13.2 Å². The van der Waals surface area contributed by atoms with Gasteiger partial charge < -0.3 is 10.1 Å². The van der Waals surface area contributed by atoms with Gasteiger partial charge in [-0.1, -0.05) is 27.7 Å². The van der Waals surface area contributed by atoms with Gasteiger partial charge in [0.15, 0.2) is 0 Å². The second kappa shape index (κ2) is 4.24. The van der Waals surface area contributed by atoms with Gasteiger partial charge in [0.25, 0.3) is 0 Å². The largest absolute Gasteiger partial charge is 0.381 e. The van der Waals surface area contributed by atoms with Crippen molar-refractivity contribution >= 4 is 5.91 Å². The third-order valence-corrected chi connectivity index (χ3v) is 5.16. The minimum Gasteiger partial charge on any atom is -0.381 e. The van der Waals surface area contributed by atoms with Gasteiger partial charge in [0.05, 0.1) is 12.7 Å². The number of carbonyl (C=O) groups excluding carboxylic acids is 1. The van der Waals surface area contributed by atoms with Crippen LogP contribution in [-0.2, 0) is 9.53 Å². The molecule has 1 heterocycles. The van der Waals surface area contributed by atoms with Crippen LogP contribution in [0.25, 0.3) is 0 Å². The van der Waals surface area contributed by atoms with E-state index in [0.717, 1.165) is 6.42 Å². The highest BCUT2D eigenvalue weighted by atomic mass is 16.5. The smallest absolute Gasteiger partial charge is 0.225 e.